The topological polar surface area (TPSA) is 26.7 Å². The molecule has 1 saturated heterocycles. The van der Waals surface area contributed by atoms with E-state index in [1.165, 1.54) is 6.42 Å². The Hall–Kier alpha value is -0.120. The van der Waals surface area contributed by atoms with E-state index in [1.54, 1.807) is 0 Å². The summed E-state index contributed by atoms with van der Waals surface area (Å²) in [6, 6.07) is 0.650. The summed E-state index contributed by atoms with van der Waals surface area (Å²) in [6.45, 7) is 12.5. The quantitative estimate of drug-likeness (QED) is 0.788. The summed E-state index contributed by atoms with van der Waals surface area (Å²) in [7, 11) is 2.20. The molecule has 0 bridgehead atoms. The molecule has 1 heterocycles. The normalized spacial score (nSPS) is 28.3. The third kappa shape index (κ3) is 3.44. The molecule has 3 nitrogen and oxygen atoms in total. The third-order valence-corrected chi connectivity index (χ3v) is 4.12. The largest absolute Gasteiger partial charge is 0.389 e. The molecule has 1 aliphatic rings. The van der Waals surface area contributed by atoms with Gasteiger partial charge in [0.25, 0.3) is 0 Å². The van der Waals surface area contributed by atoms with E-state index in [-0.39, 0.29) is 0 Å². The van der Waals surface area contributed by atoms with Gasteiger partial charge < -0.3 is 10.0 Å². The fourth-order valence-corrected chi connectivity index (χ4v) is 2.23. The highest BCUT2D eigenvalue weighted by Crippen LogP contribution is 2.20. The summed E-state index contributed by atoms with van der Waals surface area (Å²) in [6.07, 6.45) is 1.19. The Morgan fingerprint density at radius 3 is 2.50 bits per heavy atom. The van der Waals surface area contributed by atoms with Crippen molar-refractivity contribution in [3.05, 3.63) is 0 Å². The molecule has 2 unspecified atom stereocenters. The molecule has 0 aromatic rings. The minimum atomic E-state index is -0.561. The molecule has 0 aromatic heterocycles. The van der Waals surface area contributed by atoms with Crippen LogP contribution in [0.4, 0.5) is 0 Å². The van der Waals surface area contributed by atoms with Crippen LogP contribution in [0.15, 0.2) is 0 Å². The molecule has 2 atom stereocenters. The summed E-state index contributed by atoms with van der Waals surface area (Å²) in [4.78, 5) is 4.84. The second-order valence-corrected chi connectivity index (χ2v) is 5.79. The van der Waals surface area contributed by atoms with Gasteiger partial charge in [0, 0.05) is 32.2 Å². The summed E-state index contributed by atoms with van der Waals surface area (Å²) < 4.78 is 0. The highest BCUT2D eigenvalue weighted by molar-refractivity contribution is 4.86. The van der Waals surface area contributed by atoms with Crippen LogP contribution in [0.2, 0.25) is 0 Å². The van der Waals surface area contributed by atoms with E-state index in [0.717, 1.165) is 26.2 Å². The maximum Gasteiger partial charge on any atom is 0.0768 e. The molecule has 0 saturated carbocycles. The second-order valence-electron chi connectivity index (χ2n) is 5.79. The zero-order valence-corrected chi connectivity index (χ0v) is 11.5. The van der Waals surface area contributed by atoms with Gasteiger partial charge >= 0.3 is 0 Å². The average molecular weight is 228 g/mol. The van der Waals surface area contributed by atoms with Crippen molar-refractivity contribution in [1.29, 1.82) is 0 Å². The summed E-state index contributed by atoms with van der Waals surface area (Å²) in [5.41, 5.74) is -0.561. The van der Waals surface area contributed by atoms with Gasteiger partial charge in [0.05, 0.1) is 5.60 Å². The maximum absolute atomic E-state index is 10.3. The summed E-state index contributed by atoms with van der Waals surface area (Å²) >= 11 is 0. The molecule has 0 radical (unpaired) electrons. The molecule has 1 N–H and O–H groups in total. The molecule has 0 amide bonds. The Morgan fingerprint density at radius 2 is 2.00 bits per heavy atom. The predicted octanol–water partition coefficient (Wildman–Crippen LogP) is 1.42. The zero-order valence-electron chi connectivity index (χ0n) is 11.5. The Morgan fingerprint density at radius 1 is 1.38 bits per heavy atom. The number of nitrogens with zero attached hydrogens (tertiary/aromatic N) is 2. The second kappa shape index (κ2) is 5.48. The van der Waals surface area contributed by atoms with Gasteiger partial charge in [-0.25, -0.2) is 0 Å². The Balaban J connectivity index is 2.50. The monoisotopic (exact) mass is 228 g/mol. The van der Waals surface area contributed by atoms with Gasteiger partial charge in [-0.15, -0.1) is 0 Å². The molecule has 16 heavy (non-hydrogen) atoms. The Kier molecular flexibility index (Phi) is 4.77. The van der Waals surface area contributed by atoms with Gasteiger partial charge in [0.15, 0.2) is 0 Å². The lowest BCUT2D eigenvalue weighted by atomic mass is 9.91. The number of rotatable bonds is 4. The number of hydrogen-bond donors (Lipinski definition) is 1. The summed E-state index contributed by atoms with van der Waals surface area (Å²) in [5.74, 6) is 0.312. The van der Waals surface area contributed by atoms with Crippen molar-refractivity contribution in [3.8, 4) is 0 Å². The van der Waals surface area contributed by atoms with E-state index < -0.39 is 5.60 Å². The van der Waals surface area contributed by atoms with Crippen LogP contribution in [0.5, 0.6) is 0 Å². The number of β-amino-alcohol motifs (C(OH)–C–C–N with tert-alkyl or cyclic N) is 1. The first kappa shape index (κ1) is 13.9. The van der Waals surface area contributed by atoms with Crippen LogP contribution in [0.1, 0.15) is 34.1 Å². The van der Waals surface area contributed by atoms with Crippen LogP contribution in [0.3, 0.4) is 0 Å². The smallest absolute Gasteiger partial charge is 0.0768 e. The SMILES string of the molecule is CCC1CN(CC(C)(O)C(C)C)CCN1C. The first-order chi connectivity index (χ1) is 7.36. The molecular formula is C13H28N2O. The van der Waals surface area contributed by atoms with Crippen molar-refractivity contribution >= 4 is 0 Å². The highest BCUT2D eigenvalue weighted by Gasteiger charge is 2.31. The molecule has 1 rings (SSSR count). The van der Waals surface area contributed by atoms with Gasteiger partial charge in [-0.1, -0.05) is 20.8 Å². The summed E-state index contributed by atoms with van der Waals surface area (Å²) in [5, 5.41) is 10.3. The predicted molar refractivity (Wildman–Crippen MR) is 68.6 cm³/mol. The van der Waals surface area contributed by atoms with Crippen LogP contribution in [0, 0.1) is 5.92 Å². The Bertz CT molecular complexity index is 216. The fraction of sp³-hybridized carbons (Fsp3) is 1.00. The number of piperazine rings is 1. The third-order valence-electron chi connectivity index (χ3n) is 4.12. The van der Waals surface area contributed by atoms with Gasteiger partial charge in [-0.2, -0.15) is 0 Å². The molecular weight excluding hydrogens is 200 g/mol. The van der Waals surface area contributed by atoms with E-state index in [0.29, 0.717) is 12.0 Å². The average Bonchev–Trinajstić information content (AvgIpc) is 2.20. The van der Waals surface area contributed by atoms with Gasteiger partial charge in [0.1, 0.15) is 0 Å². The minimum Gasteiger partial charge on any atom is -0.389 e. The van der Waals surface area contributed by atoms with E-state index in [9.17, 15) is 5.11 Å². The molecule has 0 spiro atoms. The van der Waals surface area contributed by atoms with Crippen molar-refractivity contribution in [2.75, 3.05) is 33.2 Å². The number of hydrogen-bond acceptors (Lipinski definition) is 3. The van der Waals surface area contributed by atoms with Crippen LogP contribution < -0.4 is 0 Å². The van der Waals surface area contributed by atoms with Crippen molar-refractivity contribution in [2.45, 2.75) is 45.8 Å². The van der Waals surface area contributed by atoms with Crippen LogP contribution in [0.25, 0.3) is 0 Å². The lowest BCUT2D eigenvalue weighted by molar-refractivity contribution is -0.0356. The number of aliphatic hydroxyl groups is 1. The molecule has 0 aromatic carbocycles. The van der Waals surface area contributed by atoms with Crippen LogP contribution >= 0.6 is 0 Å². The van der Waals surface area contributed by atoms with Gasteiger partial charge in [0.2, 0.25) is 0 Å². The van der Waals surface area contributed by atoms with Crippen molar-refractivity contribution in [2.24, 2.45) is 5.92 Å². The fourth-order valence-electron chi connectivity index (χ4n) is 2.23. The van der Waals surface area contributed by atoms with Gasteiger partial charge in [-0.05, 0) is 26.3 Å². The first-order valence-corrected chi connectivity index (χ1v) is 6.51. The van der Waals surface area contributed by atoms with Crippen LogP contribution in [-0.2, 0) is 0 Å². The van der Waals surface area contributed by atoms with Crippen molar-refractivity contribution < 1.29 is 5.11 Å². The number of likely N-dealkylation sites (N-methyl/N-ethyl adjacent to an activating group) is 1. The van der Waals surface area contributed by atoms with Crippen molar-refractivity contribution in [1.82, 2.24) is 9.80 Å². The molecule has 96 valence electrons. The maximum atomic E-state index is 10.3. The molecule has 1 aliphatic heterocycles. The van der Waals surface area contributed by atoms with E-state index in [4.69, 9.17) is 0 Å². The van der Waals surface area contributed by atoms with Crippen LogP contribution in [-0.4, -0.2) is 59.8 Å². The van der Waals surface area contributed by atoms with E-state index >= 15 is 0 Å². The first-order valence-electron chi connectivity index (χ1n) is 6.51. The zero-order chi connectivity index (χ0) is 12.3. The lowest BCUT2D eigenvalue weighted by Crippen LogP contribution is -2.55. The molecule has 1 fully saturated rings. The standard InChI is InChI=1S/C13H28N2O/c1-6-12-9-15(8-7-14(12)5)10-13(4,16)11(2)3/h11-12,16H,6-10H2,1-5H3. The van der Waals surface area contributed by atoms with Gasteiger partial charge in [-0.3, -0.25) is 4.90 Å². The van der Waals surface area contributed by atoms with E-state index in [2.05, 4.69) is 37.6 Å². The van der Waals surface area contributed by atoms with Crippen molar-refractivity contribution in [3.63, 3.8) is 0 Å². The molecule has 0 aliphatic carbocycles. The molecule has 3 heteroatoms. The Labute approximate surface area is 100 Å². The highest BCUT2D eigenvalue weighted by atomic mass is 16.3. The minimum absolute atomic E-state index is 0.312. The lowest BCUT2D eigenvalue weighted by Gasteiger charge is -2.42. The van der Waals surface area contributed by atoms with E-state index in [1.807, 2.05) is 6.92 Å².